The van der Waals surface area contributed by atoms with Gasteiger partial charge in [-0.3, -0.25) is 44.1 Å². The molecular weight excluding hydrogens is 798 g/mol. The number of alkyl halides is 3. The van der Waals surface area contributed by atoms with E-state index < -0.39 is 47.3 Å². The Bertz CT molecular complexity index is 2450. The minimum Gasteiger partial charge on any atom is -0.475 e. The molecule has 0 aliphatic carbocycles. The highest BCUT2D eigenvalue weighted by atomic mass is 19.4. The third-order valence-electron chi connectivity index (χ3n) is 12.0. The number of amides is 5. The number of fused-ring (bicyclic) bond motifs is 3. The van der Waals surface area contributed by atoms with Gasteiger partial charge in [-0.15, -0.1) is 0 Å². The first-order valence-corrected chi connectivity index (χ1v) is 20.1. The van der Waals surface area contributed by atoms with Gasteiger partial charge in [-0.1, -0.05) is 6.07 Å². The van der Waals surface area contributed by atoms with Crippen LogP contribution in [0.3, 0.4) is 0 Å². The molecule has 15 nitrogen and oxygen atoms in total. The van der Waals surface area contributed by atoms with Crippen LogP contribution in [0.25, 0.3) is 11.1 Å². The van der Waals surface area contributed by atoms with Crippen molar-refractivity contribution in [2.75, 3.05) is 67.7 Å². The van der Waals surface area contributed by atoms with E-state index in [1.165, 1.54) is 18.3 Å². The number of ether oxygens (including phenoxy) is 2. The number of aromatic nitrogens is 2. The van der Waals surface area contributed by atoms with Crippen molar-refractivity contribution in [2.45, 2.75) is 50.5 Å². The highest BCUT2D eigenvalue weighted by molar-refractivity contribution is 6.23. The standard InChI is InChI=1S/C43H41F3N8O7/c1-24-33(17-28(21-47-24)49-38(56)25-3-2-4-27(15-25)43(44,45)46)26-16-36(51-9-12-60-13-10-51)40(48-20-26)61-14-11-53-30-18-31(53)23-52(22-30)29-5-6-32-34(19-29)42(59)54(41(32)58)35-7-8-37(55)50-39(35)57/h2-6,15-17,19-21,30-31,35H,7-14,18,22-23H2,1H3,(H,49,56)(H,50,55,57). The maximum atomic E-state index is 13.4. The number of carbonyl (C=O) groups excluding carboxylic acids is 5. The van der Waals surface area contributed by atoms with Crippen molar-refractivity contribution in [3.05, 3.63) is 94.9 Å². The van der Waals surface area contributed by atoms with Gasteiger partial charge in [0.15, 0.2) is 0 Å². The molecule has 2 bridgehead atoms. The monoisotopic (exact) mass is 838 g/mol. The first kappa shape index (κ1) is 40.0. The molecular formula is C43H41F3N8O7. The van der Waals surface area contributed by atoms with Crippen LogP contribution in [0.4, 0.5) is 30.2 Å². The third-order valence-corrected chi connectivity index (χ3v) is 12.0. The van der Waals surface area contributed by atoms with Crippen LogP contribution in [0.5, 0.6) is 5.88 Å². The summed E-state index contributed by atoms with van der Waals surface area (Å²) in [5.41, 5.74) is 3.42. The first-order valence-electron chi connectivity index (χ1n) is 20.1. The van der Waals surface area contributed by atoms with Gasteiger partial charge in [0.1, 0.15) is 18.3 Å². The van der Waals surface area contributed by atoms with E-state index >= 15 is 0 Å². The van der Waals surface area contributed by atoms with E-state index in [1.807, 2.05) is 19.1 Å². The van der Waals surface area contributed by atoms with E-state index in [-0.39, 0.29) is 41.6 Å². The molecule has 5 amide bonds. The van der Waals surface area contributed by atoms with Crippen LogP contribution in [0.2, 0.25) is 0 Å². The smallest absolute Gasteiger partial charge is 0.416 e. The van der Waals surface area contributed by atoms with Gasteiger partial charge in [0, 0.05) is 85.5 Å². The summed E-state index contributed by atoms with van der Waals surface area (Å²) in [6.07, 6.45) is -0.280. The Kier molecular flexibility index (Phi) is 10.4. The summed E-state index contributed by atoms with van der Waals surface area (Å²) in [5.74, 6) is -2.36. The fraction of sp³-hybridized carbons (Fsp3) is 0.372. The molecule has 6 aliphatic rings. The summed E-state index contributed by atoms with van der Waals surface area (Å²) >= 11 is 0. The van der Waals surface area contributed by atoms with Crippen LogP contribution in [0, 0.1) is 6.92 Å². The zero-order valence-electron chi connectivity index (χ0n) is 33.0. The van der Waals surface area contributed by atoms with Gasteiger partial charge in [0.05, 0.1) is 41.8 Å². The molecule has 3 unspecified atom stereocenters. The Hall–Kier alpha value is -6.40. The average molecular weight is 839 g/mol. The Morgan fingerprint density at radius 1 is 0.918 bits per heavy atom. The Balaban J connectivity index is 0.852. The molecule has 5 fully saturated rings. The van der Waals surface area contributed by atoms with E-state index in [9.17, 15) is 37.1 Å². The molecule has 5 saturated heterocycles. The molecule has 8 heterocycles. The van der Waals surface area contributed by atoms with Crippen LogP contribution >= 0.6 is 0 Å². The van der Waals surface area contributed by atoms with Crippen LogP contribution < -0.4 is 25.2 Å². The molecule has 2 aromatic heterocycles. The minimum atomic E-state index is -4.58. The number of nitrogens with zero attached hydrogens (tertiary/aromatic N) is 6. The molecule has 0 spiro atoms. The highest BCUT2D eigenvalue weighted by Gasteiger charge is 2.47. The number of imide groups is 2. The topological polar surface area (TPSA) is 167 Å². The van der Waals surface area contributed by atoms with E-state index in [0.717, 1.165) is 34.8 Å². The molecule has 316 valence electrons. The molecule has 0 saturated carbocycles. The van der Waals surface area contributed by atoms with E-state index in [1.54, 1.807) is 24.4 Å². The summed E-state index contributed by atoms with van der Waals surface area (Å²) in [5, 5.41) is 4.90. The molecule has 2 N–H and O–H groups in total. The van der Waals surface area contributed by atoms with E-state index in [2.05, 4.69) is 30.3 Å². The summed E-state index contributed by atoms with van der Waals surface area (Å²) in [7, 11) is 0. The van der Waals surface area contributed by atoms with Gasteiger partial charge in [-0.25, -0.2) is 4.98 Å². The largest absolute Gasteiger partial charge is 0.475 e. The number of benzene rings is 2. The summed E-state index contributed by atoms with van der Waals surface area (Å²) in [6, 6.07) is 12.6. The lowest BCUT2D eigenvalue weighted by atomic mass is 9.87. The van der Waals surface area contributed by atoms with Crippen molar-refractivity contribution in [1.82, 2.24) is 25.1 Å². The molecule has 2 aromatic carbocycles. The summed E-state index contributed by atoms with van der Waals surface area (Å²) in [4.78, 5) is 80.7. The second kappa shape index (κ2) is 15.9. The van der Waals surface area contributed by atoms with Gasteiger partial charge in [0.2, 0.25) is 17.7 Å². The number of morpholine rings is 1. The molecule has 4 aromatic rings. The summed E-state index contributed by atoms with van der Waals surface area (Å²) in [6.45, 7) is 6.58. The van der Waals surface area contributed by atoms with Gasteiger partial charge in [-0.2, -0.15) is 13.2 Å². The number of nitrogens with one attached hydrogen (secondary N) is 2. The Morgan fingerprint density at radius 2 is 1.69 bits per heavy atom. The number of carbonyl (C=O) groups is 5. The number of piperazine rings is 1. The zero-order valence-corrected chi connectivity index (χ0v) is 33.0. The van der Waals surface area contributed by atoms with Crippen LogP contribution in [0.15, 0.2) is 67.0 Å². The number of piperidine rings is 2. The second-order valence-electron chi connectivity index (χ2n) is 15.7. The fourth-order valence-electron chi connectivity index (χ4n) is 8.83. The van der Waals surface area contributed by atoms with E-state index in [0.29, 0.717) is 80.9 Å². The predicted octanol–water partition coefficient (Wildman–Crippen LogP) is 4.30. The lowest BCUT2D eigenvalue weighted by Crippen LogP contribution is -2.69. The quantitative estimate of drug-likeness (QED) is 0.218. The lowest BCUT2D eigenvalue weighted by Gasteiger charge is -2.57. The number of pyridine rings is 2. The number of aryl methyl sites for hydroxylation is 1. The van der Waals surface area contributed by atoms with Crippen molar-refractivity contribution in [3.8, 4) is 17.0 Å². The van der Waals surface area contributed by atoms with Crippen LogP contribution in [0.1, 0.15) is 61.6 Å². The van der Waals surface area contributed by atoms with Crippen molar-refractivity contribution in [1.29, 1.82) is 0 Å². The van der Waals surface area contributed by atoms with Crippen molar-refractivity contribution in [3.63, 3.8) is 0 Å². The van der Waals surface area contributed by atoms with Gasteiger partial charge in [-0.05, 0) is 68.3 Å². The third kappa shape index (κ3) is 7.76. The Morgan fingerprint density at radius 3 is 2.44 bits per heavy atom. The molecule has 61 heavy (non-hydrogen) atoms. The van der Waals surface area contributed by atoms with Crippen molar-refractivity contribution >= 4 is 46.6 Å². The SMILES string of the molecule is Cc1ncc(NC(=O)c2cccc(C(F)(F)F)c2)cc1-c1cnc(OCCN2C3CC2CN(c2ccc4c(c2)C(=O)N(C2CCC(=O)NC2=O)C4=O)C3)c(N2CCOCC2)c1. The molecule has 18 heteroatoms. The highest BCUT2D eigenvalue weighted by Crippen LogP contribution is 2.38. The number of halogens is 3. The van der Waals surface area contributed by atoms with Crippen LogP contribution in [-0.2, 0) is 20.5 Å². The number of rotatable bonds is 10. The fourth-order valence-corrected chi connectivity index (χ4v) is 8.83. The van der Waals surface area contributed by atoms with Crippen molar-refractivity contribution < 1.29 is 46.6 Å². The van der Waals surface area contributed by atoms with Crippen molar-refractivity contribution in [2.24, 2.45) is 0 Å². The number of hydrogen-bond acceptors (Lipinski definition) is 12. The maximum Gasteiger partial charge on any atom is 0.416 e. The zero-order chi connectivity index (χ0) is 42.6. The lowest BCUT2D eigenvalue weighted by molar-refractivity contribution is -0.138. The van der Waals surface area contributed by atoms with Gasteiger partial charge in [0.25, 0.3) is 17.7 Å². The predicted molar refractivity (Wildman–Crippen MR) is 214 cm³/mol. The van der Waals surface area contributed by atoms with Gasteiger partial charge < -0.3 is 24.6 Å². The van der Waals surface area contributed by atoms with Crippen LogP contribution in [-0.4, -0.2) is 120 Å². The average Bonchev–Trinajstić information content (AvgIpc) is 3.50. The molecule has 6 aliphatic heterocycles. The second-order valence-corrected chi connectivity index (χ2v) is 15.7. The Labute approximate surface area is 347 Å². The minimum absolute atomic E-state index is 0.0577. The summed E-state index contributed by atoms with van der Waals surface area (Å²) < 4.78 is 51.9. The molecule has 10 rings (SSSR count). The van der Waals surface area contributed by atoms with E-state index in [4.69, 9.17) is 14.5 Å². The number of hydrogen-bond donors (Lipinski definition) is 2. The maximum absolute atomic E-state index is 13.4. The molecule has 0 radical (unpaired) electrons. The first-order chi connectivity index (χ1) is 29.3. The molecule has 3 atom stereocenters. The normalized spacial score (nSPS) is 21.6. The number of anilines is 3. The van der Waals surface area contributed by atoms with Gasteiger partial charge >= 0.3 is 6.18 Å².